The van der Waals surface area contributed by atoms with Crippen LogP contribution in [0.1, 0.15) is 0 Å². The number of fused-ring (bicyclic) bond motifs is 1. The molecule has 29 heavy (non-hydrogen) atoms. The molecule has 0 aliphatic carbocycles. The molecule has 0 saturated heterocycles. The van der Waals surface area contributed by atoms with Crippen LogP contribution in [0.2, 0.25) is 0 Å². The number of benzene rings is 3. The molecule has 0 amide bonds. The number of hydrogen-bond acceptors (Lipinski definition) is 9. The number of nitrogens with zero attached hydrogens (tertiary/aromatic N) is 2. The molecule has 0 heterocycles. The number of azo groups is 1. The summed E-state index contributed by atoms with van der Waals surface area (Å²) < 4.78 is 64.4. The maximum atomic E-state index is 11.6. The molecule has 0 atom stereocenters. The van der Waals surface area contributed by atoms with Gasteiger partial charge in [-0.05, 0) is 35.7 Å². The van der Waals surface area contributed by atoms with E-state index in [-0.39, 0.29) is 33.6 Å². The van der Waals surface area contributed by atoms with Crippen molar-refractivity contribution in [3.05, 3.63) is 42.5 Å². The normalized spacial score (nSPS) is 12.6. The van der Waals surface area contributed by atoms with Crippen LogP contribution in [0.25, 0.3) is 10.8 Å². The number of phenolic OH excluding ortho intramolecular Hbond substituents is 2. The molecule has 3 aromatic carbocycles. The van der Waals surface area contributed by atoms with Crippen molar-refractivity contribution >= 4 is 48.1 Å². The lowest BCUT2D eigenvalue weighted by molar-refractivity contribution is 0.470. The highest BCUT2D eigenvalue weighted by Gasteiger charge is 2.19. The van der Waals surface area contributed by atoms with Gasteiger partial charge in [0, 0.05) is 17.8 Å². The third kappa shape index (κ3) is 4.27. The maximum absolute atomic E-state index is 11.6. The van der Waals surface area contributed by atoms with Gasteiger partial charge in [-0.25, -0.2) is 0 Å². The molecule has 3 rings (SSSR count). The van der Waals surface area contributed by atoms with E-state index >= 15 is 0 Å². The largest absolute Gasteiger partial charge is 0.507 e. The van der Waals surface area contributed by atoms with Gasteiger partial charge in [-0.3, -0.25) is 9.11 Å². The minimum Gasteiger partial charge on any atom is -0.507 e. The third-order valence-corrected chi connectivity index (χ3v) is 5.48. The molecule has 0 radical (unpaired) electrons. The van der Waals surface area contributed by atoms with Gasteiger partial charge in [0.05, 0.1) is 20.9 Å². The van der Waals surface area contributed by atoms with Crippen LogP contribution in [0, 0.1) is 0 Å². The fourth-order valence-corrected chi connectivity index (χ4v) is 3.60. The number of rotatable bonds is 4. The summed E-state index contributed by atoms with van der Waals surface area (Å²) in [5, 5.41) is 27.4. The Bertz CT molecular complexity index is 1380. The second kappa shape index (κ2) is 6.97. The van der Waals surface area contributed by atoms with Crippen LogP contribution in [-0.4, -0.2) is 36.2 Å². The first kappa shape index (κ1) is 20.5. The molecule has 6 N–H and O–H groups in total. The van der Waals surface area contributed by atoms with E-state index in [2.05, 4.69) is 10.2 Å². The lowest BCUT2D eigenvalue weighted by atomic mass is 10.1. The Kier molecular flexibility index (Phi) is 4.92. The summed E-state index contributed by atoms with van der Waals surface area (Å²) in [6.07, 6.45) is 0. The van der Waals surface area contributed by atoms with E-state index in [0.717, 1.165) is 24.3 Å². The van der Waals surface area contributed by atoms with Crippen LogP contribution < -0.4 is 5.73 Å². The van der Waals surface area contributed by atoms with E-state index in [0.29, 0.717) is 0 Å². The Labute approximate surface area is 164 Å². The lowest BCUT2D eigenvalue weighted by Crippen LogP contribution is -2.00. The molecule has 11 nitrogen and oxygen atoms in total. The minimum absolute atomic E-state index is 0.0290. The molecule has 152 valence electrons. The molecule has 0 aromatic heterocycles. The van der Waals surface area contributed by atoms with Crippen LogP contribution in [-0.2, 0) is 20.2 Å². The first-order valence-electron chi connectivity index (χ1n) is 7.62. The summed E-state index contributed by atoms with van der Waals surface area (Å²) in [4.78, 5) is -1.36. The molecule has 0 unspecified atom stereocenters. The molecular weight excluding hydrogens is 426 g/mol. The number of nitrogens with two attached hydrogens (primary N) is 1. The number of hydrogen-bond donors (Lipinski definition) is 5. The van der Waals surface area contributed by atoms with Crippen LogP contribution in [0.5, 0.6) is 11.5 Å². The topological polar surface area (TPSA) is 200 Å². The van der Waals surface area contributed by atoms with E-state index in [4.69, 9.17) is 5.73 Å². The van der Waals surface area contributed by atoms with Crippen LogP contribution in [0.4, 0.5) is 17.1 Å². The fraction of sp³-hybridized carbons (Fsp3) is 0. The zero-order chi connectivity index (χ0) is 21.6. The Morgan fingerprint density at radius 2 is 1.28 bits per heavy atom. The van der Waals surface area contributed by atoms with E-state index in [9.17, 15) is 36.2 Å². The summed E-state index contributed by atoms with van der Waals surface area (Å²) in [6, 6.07) is 7.37. The second-order valence-electron chi connectivity index (χ2n) is 5.88. The van der Waals surface area contributed by atoms with Crippen molar-refractivity contribution in [2.75, 3.05) is 5.73 Å². The van der Waals surface area contributed by atoms with Crippen LogP contribution in [0.3, 0.4) is 0 Å². The van der Waals surface area contributed by atoms with Crippen LogP contribution in [0.15, 0.2) is 62.5 Å². The summed E-state index contributed by atoms with van der Waals surface area (Å²) in [5.41, 5.74) is 5.49. The van der Waals surface area contributed by atoms with Gasteiger partial charge in [-0.1, -0.05) is 0 Å². The third-order valence-electron chi connectivity index (χ3n) is 3.82. The summed E-state index contributed by atoms with van der Waals surface area (Å²) in [7, 11) is -9.45. The van der Waals surface area contributed by atoms with E-state index < -0.39 is 35.8 Å². The van der Waals surface area contributed by atoms with Gasteiger partial charge in [-0.15, -0.1) is 10.2 Å². The smallest absolute Gasteiger partial charge is 0.294 e. The van der Waals surface area contributed by atoms with Crippen molar-refractivity contribution in [1.82, 2.24) is 0 Å². The number of nitrogen functional groups attached to an aromatic ring is 1. The number of phenols is 2. The summed E-state index contributed by atoms with van der Waals surface area (Å²) in [5.74, 6) is -0.964. The van der Waals surface area contributed by atoms with Crippen molar-refractivity contribution in [1.29, 1.82) is 0 Å². The fourth-order valence-electron chi connectivity index (χ4n) is 2.53. The predicted molar refractivity (Wildman–Crippen MR) is 102 cm³/mol. The van der Waals surface area contributed by atoms with E-state index in [1.807, 2.05) is 0 Å². The summed E-state index contributed by atoms with van der Waals surface area (Å²) in [6.45, 7) is 0. The SMILES string of the molecule is Nc1ccc(N=Nc2cc(S(=O)(=O)O)cc3cc(S(=O)(=O)O)cc(O)c23)c(O)c1. The zero-order valence-corrected chi connectivity index (χ0v) is 15.9. The van der Waals surface area contributed by atoms with Gasteiger partial charge >= 0.3 is 0 Å². The first-order chi connectivity index (χ1) is 13.4. The quantitative estimate of drug-likeness (QED) is 0.230. The molecule has 13 heteroatoms. The minimum atomic E-state index is -4.74. The van der Waals surface area contributed by atoms with Crippen molar-refractivity contribution in [2.24, 2.45) is 10.2 Å². The Balaban J connectivity index is 2.31. The Hall–Kier alpha value is -3.26. The number of anilines is 1. The van der Waals surface area contributed by atoms with Gasteiger partial charge in [0.1, 0.15) is 17.2 Å². The van der Waals surface area contributed by atoms with Crippen LogP contribution >= 0.6 is 0 Å². The van der Waals surface area contributed by atoms with Gasteiger partial charge in [0.25, 0.3) is 20.2 Å². The first-order valence-corrected chi connectivity index (χ1v) is 10.5. The molecular formula is C16H13N3O8S2. The molecule has 0 bridgehead atoms. The van der Waals surface area contributed by atoms with Gasteiger partial charge in [0.2, 0.25) is 0 Å². The average Bonchev–Trinajstić information content (AvgIpc) is 2.58. The highest BCUT2D eigenvalue weighted by atomic mass is 32.2. The van der Waals surface area contributed by atoms with E-state index in [1.165, 1.54) is 18.2 Å². The predicted octanol–water partition coefficient (Wildman–Crippen LogP) is 2.74. The second-order valence-corrected chi connectivity index (χ2v) is 8.72. The van der Waals surface area contributed by atoms with Gasteiger partial charge < -0.3 is 15.9 Å². The standard InChI is InChI=1S/C16H13N3O8S2/c17-9-1-2-12(14(20)5-9)18-19-13-6-10(28(22,23)24)3-8-4-11(29(25,26)27)7-15(21)16(8)13/h1-7,20-21H,17H2,(H,22,23,24)(H,25,26,27). The highest BCUT2D eigenvalue weighted by molar-refractivity contribution is 7.86. The average molecular weight is 439 g/mol. The van der Waals surface area contributed by atoms with E-state index in [1.54, 1.807) is 0 Å². The van der Waals surface area contributed by atoms with Crippen molar-refractivity contribution in [2.45, 2.75) is 9.79 Å². The van der Waals surface area contributed by atoms with Crippen molar-refractivity contribution < 1.29 is 36.2 Å². The highest BCUT2D eigenvalue weighted by Crippen LogP contribution is 2.39. The zero-order valence-electron chi connectivity index (χ0n) is 14.3. The van der Waals surface area contributed by atoms with Crippen molar-refractivity contribution in [3.63, 3.8) is 0 Å². The molecule has 0 aliphatic heterocycles. The Morgan fingerprint density at radius 1 is 0.724 bits per heavy atom. The Morgan fingerprint density at radius 3 is 1.83 bits per heavy atom. The maximum Gasteiger partial charge on any atom is 0.294 e. The number of aromatic hydroxyl groups is 2. The van der Waals surface area contributed by atoms with Gasteiger partial charge in [-0.2, -0.15) is 16.8 Å². The lowest BCUT2D eigenvalue weighted by Gasteiger charge is -2.09. The molecule has 0 spiro atoms. The molecule has 0 fully saturated rings. The van der Waals surface area contributed by atoms with Crippen molar-refractivity contribution in [3.8, 4) is 11.5 Å². The monoisotopic (exact) mass is 439 g/mol. The molecule has 3 aromatic rings. The summed E-state index contributed by atoms with van der Waals surface area (Å²) >= 11 is 0. The molecule has 0 saturated carbocycles. The molecule has 0 aliphatic rings. The van der Waals surface area contributed by atoms with Gasteiger partial charge in [0.15, 0.2) is 0 Å².